The minimum absolute atomic E-state index is 0.116. The molecule has 0 amide bonds. The molecule has 0 saturated heterocycles. The minimum atomic E-state index is 0.116. The normalized spacial score (nSPS) is 15.6. The first-order chi connectivity index (χ1) is 11.1. The quantitative estimate of drug-likeness (QED) is 0.790. The number of ether oxygens (including phenoxy) is 1. The van der Waals surface area contributed by atoms with E-state index in [2.05, 4.69) is 24.8 Å². The largest absolute Gasteiger partial charge is 0.490 e. The van der Waals surface area contributed by atoms with Gasteiger partial charge >= 0.3 is 0 Å². The van der Waals surface area contributed by atoms with E-state index in [4.69, 9.17) is 4.74 Å². The van der Waals surface area contributed by atoms with Gasteiger partial charge in [-0.2, -0.15) is 0 Å². The highest BCUT2D eigenvalue weighted by Gasteiger charge is 2.29. The Morgan fingerprint density at radius 3 is 2.74 bits per heavy atom. The highest BCUT2D eigenvalue weighted by Crippen LogP contribution is 2.42. The van der Waals surface area contributed by atoms with Crippen molar-refractivity contribution in [1.29, 1.82) is 0 Å². The van der Waals surface area contributed by atoms with Crippen LogP contribution in [0.1, 0.15) is 27.0 Å². The number of benzene rings is 2. The van der Waals surface area contributed by atoms with Crippen molar-refractivity contribution in [3.63, 3.8) is 0 Å². The van der Waals surface area contributed by atoms with Crippen molar-refractivity contribution < 1.29 is 9.53 Å². The third-order valence-electron chi connectivity index (χ3n) is 4.79. The molecule has 0 N–H and O–H groups in total. The van der Waals surface area contributed by atoms with E-state index in [-0.39, 0.29) is 5.78 Å². The Hall–Kier alpha value is -2.55. The molecule has 2 aromatic rings. The second-order valence-electron chi connectivity index (χ2n) is 6.21. The molecule has 0 fully saturated rings. The van der Waals surface area contributed by atoms with Gasteiger partial charge in [-0.05, 0) is 36.6 Å². The number of aryl methyl sites for hydroxylation is 1. The lowest BCUT2D eigenvalue weighted by Crippen LogP contribution is -2.33. The van der Waals surface area contributed by atoms with Crippen LogP contribution in [0.25, 0.3) is 0 Å². The van der Waals surface area contributed by atoms with Gasteiger partial charge in [0.25, 0.3) is 0 Å². The lowest BCUT2D eigenvalue weighted by atomic mass is 9.88. The van der Waals surface area contributed by atoms with Crippen LogP contribution in [0.4, 0.5) is 5.69 Å². The summed E-state index contributed by atoms with van der Waals surface area (Å²) < 4.78 is 5.83. The standard InChI is InChI=1S/C20H19NO2/c1-13-10-18-19-17(14(13)2)11-16(12-21(19)8-9-23-18)20(22)15-6-4-3-5-7-15/h3-7,10,12H,8-9,11H2,1-2H3. The number of Topliss-reactive ketones (excluding diaryl/α,β-unsaturated/α-hetero) is 1. The fraction of sp³-hybridized carbons (Fsp3) is 0.250. The Morgan fingerprint density at radius 1 is 1.17 bits per heavy atom. The molecule has 0 aliphatic carbocycles. The van der Waals surface area contributed by atoms with Gasteiger partial charge in [-0.15, -0.1) is 0 Å². The molecule has 4 rings (SSSR count). The van der Waals surface area contributed by atoms with Gasteiger partial charge in [0.1, 0.15) is 12.4 Å². The van der Waals surface area contributed by atoms with Crippen molar-refractivity contribution in [2.75, 3.05) is 18.1 Å². The first-order valence-corrected chi connectivity index (χ1v) is 7.98. The SMILES string of the molecule is Cc1cc2c3c(c1C)CC(C(=O)c1ccccc1)=CN3CCO2. The number of allylic oxidation sites excluding steroid dienone is 1. The van der Waals surface area contributed by atoms with Gasteiger partial charge in [0.05, 0.1) is 12.2 Å². The molecule has 0 spiro atoms. The van der Waals surface area contributed by atoms with Crippen LogP contribution >= 0.6 is 0 Å². The van der Waals surface area contributed by atoms with Gasteiger partial charge in [0, 0.05) is 23.8 Å². The number of hydrogen-bond donors (Lipinski definition) is 0. The Balaban J connectivity index is 1.80. The fourth-order valence-corrected chi connectivity index (χ4v) is 3.41. The molecule has 2 aromatic carbocycles. The summed E-state index contributed by atoms with van der Waals surface area (Å²) in [6.45, 7) is 5.67. The van der Waals surface area contributed by atoms with E-state index in [0.29, 0.717) is 13.0 Å². The van der Waals surface area contributed by atoms with E-state index in [1.807, 2.05) is 36.5 Å². The van der Waals surface area contributed by atoms with Gasteiger partial charge in [-0.25, -0.2) is 0 Å². The van der Waals surface area contributed by atoms with Crippen LogP contribution in [0, 0.1) is 13.8 Å². The van der Waals surface area contributed by atoms with E-state index in [0.717, 1.165) is 29.1 Å². The highest BCUT2D eigenvalue weighted by atomic mass is 16.5. The summed E-state index contributed by atoms with van der Waals surface area (Å²) in [6, 6.07) is 11.6. The number of nitrogens with zero attached hydrogens (tertiary/aromatic N) is 1. The van der Waals surface area contributed by atoms with Gasteiger partial charge in [-0.1, -0.05) is 30.3 Å². The predicted octanol–water partition coefficient (Wildman–Crippen LogP) is 3.83. The smallest absolute Gasteiger partial charge is 0.190 e. The Labute approximate surface area is 136 Å². The Morgan fingerprint density at radius 2 is 1.96 bits per heavy atom. The van der Waals surface area contributed by atoms with Crippen molar-refractivity contribution in [2.45, 2.75) is 20.3 Å². The van der Waals surface area contributed by atoms with Crippen LogP contribution in [0.3, 0.4) is 0 Å². The molecule has 0 radical (unpaired) electrons. The average Bonchev–Trinajstić information content (AvgIpc) is 2.59. The van der Waals surface area contributed by atoms with Crippen LogP contribution in [0.2, 0.25) is 0 Å². The van der Waals surface area contributed by atoms with Crippen molar-refractivity contribution in [3.05, 3.63) is 70.4 Å². The molecule has 2 aliphatic heterocycles. The fourth-order valence-electron chi connectivity index (χ4n) is 3.41. The molecular formula is C20H19NO2. The summed E-state index contributed by atoms with van der Waals surface area (Å²) in [5, 5.41) is 0. The lowest BCUT2D eigenvalue weighted by molar-refractivity contribution is 0.103. The minimum Gasteiger partial charge on any atom is -0.490 e. The molecule has 0 saturated carbocycles. The number of hydrogen-bond acceptors (Lipinski definition) is 3. The maximum Gasteiger partial charge on any atom is 0.190 e. The topological polar surface area (TPSA) is 29.5 Å². The molecule has 3 heteroatoms. The van der Waals surface area contributed by atoms with E-state index in [9.17, 15) is 4.79 Å². The molecule has 3 nitrogen and oxygen atoms in total. The number of rotatable bonds is 2. The summed E-state index contributed by atoms with van der Waals surface area (Å²) in [6.07, 6.45) is 2.68. The monoisotopic (exact) mass is 305 g/mol. The maximum absolute atomic E-state index is 12.8. The van der Waals surface area contributed by atoms with E-state index in [1.165, 1.54) is 16.7 Å². The van der Waals surface area contributed by atoms with Crippen molar-refractivity contribution in [3.8, 4) is 5.75 Å². The molecule has 0 bridgehead atoms. The highest BCUT2D eigenvalue weighted by molar-refractivity contribution is 6.09. The van der Waals surface area contributed by atoms with Crippen molar-refractivity contribution in [2.24, 2.45) is 0 Å². The molecule has 0 atom stereocenters. The van der Waals surface area contributed by atoms with Crippen LogP contribution < -0.4 is 9.64 Å². The van der Waals surface area contributed by atoms with E-state index >= 15 is 0 Å². The predicted molar refractivity (Wildman–Crippen MR) is 91.3 cm³/mol. The molecule has 23 heavy (non-hydrogen) atoms. The first-order valence-electron chi connectivity index (χ1n) is 7.98. The second-order valence-corrected chi connectivity index (χ2v) is 6.21. The summed E-state index contributed by atoms with van der Waals surface area (Å²) in [4.78, 5) is 15.0. The third-order valence-corrected chi connectivity index (χ3v) is 4.79. The molecular weight excluding hydrogens is 286 g/mol. The zero-order chi connectivity index (χ0) is 16.0. The molecule has 2 aliphatic rings. The van der Waals surface area contributed by atoms with Crippen LogP contribution in [-0.4, -0.2) is 18.9 Å². The Kier molecular flexibility index (Phi) is 3.22. The average molecular weight is 305 g/mol. The summed E-state index contributed by atoms with van der Waals surface area (Å²) in [5.74, 6) is 1.06. The van der Waals surface area contributed by atoms with Crippen molar-refractivity contribution in [1.82, 2.24) is 0 Å². The van der Waals surface area contributed by atoms with Gasteiger partial charge in [0.15, 0.2) is 5.78 Å². The van der Waals surface area contributed by atoms with Crippen molar-refractivity contribution >= 4 is 11.5 Å². The van der Waals surface area contributed by atoms with Crippen LogP contribution in [0.5, 0.6) is 5.75 Å². The first kappa shape index (κ1) is 14.1. The second kappa shape index (κ2) is 5.27. The van der Waals surface area contributed by atoms with Crippen LogP contribution in [0.15, 0.2) is 48.2 Å². The maximum atomic E-state index is 12.8. The summed E-state index contributed by atoms with van der Waals surface area (Å²) >= 11 is 0. The van der Waals surface area contributed by atoms with Gasteiger partial charge in [0.2, 0.25) is 0 Å². The number of carbonyl (C=O) groups is 1. The number of anilines is 1. The van der Waals surface area contributed by atoms with E-state index in [1.54, 1.807) is 0 Å². The number of carbonyl (C=O) groups excluding carboxylic acids is 1. The molecule has 2 heterocycles. The summed E-state index contributed by atoms with van der Waals surface area (Å²) in [5.41, 5.74) is 6.44. The third kappa shape index (κ3) is 2.24. The summed E-state index contributed by atoms with van der Waals surface area (Å²) in [7, 11) is 0. The Bertz CT molecular complexity index is 821. The molecule has 0 aromatic heterocycles. The van der Waals surface area contributed by atoms with Crippen LogP contribution in [-0.2, 0) is 6.42 Å². The zero-order valence-corrected chi connectivity index (χ0v) is 13.4. The van der Waals surface area contributed by atoms with Gasteiger partial charge in [-0.3, -0.25) is 4.79 Å². The molecule has 0 unspecified atom stereocenters. The van der Waals surface area contributed by atoms with E-state index < -0.39 is 0 Å². The number of ketones is 1. The molecule has 116 valence electrons. The van der Waals surface area contributed by atoms with Gasteiger partial charge < -0.3 is 9.64 Å². The zero-order valence-electron chi connectivity index (χ0n) is 13.4. The lowest BCUT2D eigenvalue weighted by Gasteiger charge is -2.35.